The summed E-state index contributed by atoms with van der Waals surface area (Å²) in [6, 6.07) is 9.78. The van der Waals surface area contributed by atoms with Gasteiger partial charge in [-0.1, -0.05) is 37.3 Å². The maximum atomic E-state index is 13.3. The zero-order chi connectivity index (χ0) is 20.5. The average Bonchev–Trinajstić information content (AvgIpc) is 3.06. The Morgan fingerprint density at radius 2 is 1.89 bits per heavy atom. The molecule has 0 aliphatic heterocycles. The highest BCUT2D eigenvalue weighted by Gasteiger charge is 2.26. The number of thiazole rings is 1. The minimum Gasteiger partial charge on any atom is -0.333 e. The molecule has 1 aromatic heterocycles. The van der Waals surface area contributed by atoms with Crippen molar-refractivity contribution in [3.63, 3.8) is 0 Å². The molecular formula is C21H30N4O2S. The zero-order valence-corrected chi connectivity index (χ0v) is 18.0. The van der Waals surface area contributed by atoms with Gasteiger partial charge in [-0.25, -0.2) is 4.98 Å². The quantitative estimate of drug-likeness (QED) is 0.662. The van der Waals surface area contributed by atoms with E-state index in [-0.39, 0.29) is 24.3 Å². The first-order valence-corrected chi connectivity index (χ1v) is 10.5. The van der Waals surface area contributed by atoms with Gasteiger partial charge in [-0.15, -0.1) is 11.3 Å². The van der Waals surface area contributed by atoms with Crippen molar-refractivity contribution < 1.29 is 9.59 Å². The summed E-state index contributed by atoms with van der Waals surface area (Å²) in [7, 11) is 4.00. The van der Waals surface area contributed by atoms with Crippen molar-refractivity contribution >= 4 is 28.3 Å². The third kappa shape index (κ3) is 6.73. The first-order valence-electron chi connectivity index (χ1n) is 9.61. The predicted octanol–water partition coefficient (Wildman–Crippen LogP) is 3.36. The van der Waals surface area contributed by atoms with Crippen LogP contribution in [0.4, 0.5) is 5.13 Å². The molecule has 28 heavy (non-hydrogen) atoms. The number of nitrogens with one attached hydrogen (secondary N) is 1. The van der Waals surface area contributed by atoms with E-state index in [4.69, 9.17) is 0 Å². The number of benzene rings is 1. The summed E-state index contributed by atoms with van der Waals surface area (Å²) in [4.78, 5) is 33.8. The van der Waals surface area contributed by atoms with Gasteiger partial charge in [0.15, 0.2) is 5.13 Å². The molecule has 0 aliphatic rings. The number of aromatic nitrogens is 1. The lowest BCUT2D eigenvalue weighted by Gasteiger charge is -2.27. The van der Waals surface area contributed by atoms with Crippen molar-refractivity contribution in [2.24, 2.45) is 0 Å². The Labute approximate surface area is 171 Å². The number of hydrogen-bond acceptors (Lipinski definition) is 5. The Morgan fingerprint density at radius 1 is 1.18 bits per heavy atom. The fraction of sp³-hybridized carbons (Fsp3) is 0.476. The van der Waals surface area contributed by atoms with Crippen molar-refractivity contribution in [1.29, 1.82) is 0 Å². The first kappa shape index (κ1) is 22.0. The lowest BCUT2D eigenvalue weighted by atomic mass is 9.95. The number of nitrogens with zero attached hydrogens (tertiary/aromatic N) is 3. The molecule has 7 heteroatoms. The molecule has 0 radical (unpaired) electrons. The molecule has 1 N–H and O–H groups in total. The van der Waals surface area contributed by atoms with Gasteiger partial charge in [-0.3, -0.25) is 9.59 Å². The first-order chi connectivity index (χ1) is 13.4. The van der Waals surface area contributed by atoms with Gasteiger partial charge in [0.1, 0.15) is 0 Å². The molecular weight excluding hydrogens is 372 g/mol. The van der Waals surface area contributed by atoms with Gasteiger partial charge in [0.2, 0.25) is 11.8 Å². The molecule has 1 aromatic carbocycles. The number of rotatable bonds is 10. The van der Waals surface area contributed by atoms with Crippen LogP contribution in [0.2, 0.25) is 0 Å². The molecule has 2 rings (SSSR count). The third-order valence-electron chi connectivity index (χ3n) is 4.45. The molecule has 0 aliphatic carbocycles. The standard InChI is InChI=1S/C21H30N4O2S/c1-5-18(17-10-7-6-8-11-17)20(27)25(13-9-12-24(3)4)14-19(26)23-21-22-16(2)15-28-21/h6-8,10-11,15,18H,5,9,12-14H2,1-4H3,(H,22,23,26). The Bertz CT molecular complexity index is 761. The van der Waals surface area contributed by atoms with E-state index in [0.717, 1.165) is 24.2 Å². The molecule has 2 aromatic rings. The lowest BCUT2D eigenvalue weighted by Crippen LogP contribution is -2.41. The minimum absolute atomic E-state index is 0.00192. The van der Waals surface area contributed by atoms with E-state index < -0.39 is 0 Å². The zero-order valence-electron chi connectivity index (χ0n) is 17.1. The molecule has 1 heterocycles. The molecule has 0 saturated heterocycles. The van der Waals surface area contributed by atoms with Gasteiger partial charge in [-0.2, -0.15) is 0 Å². The lowest BCUT2D eigenvalue weighted by molar-refractivity contribution is -0.136. The number of aryl methyl sites for hydroxylation is 1. The van der Waals surface area contributed by atoms with Crippen molar-refractivity contribution in [3.05, 3.63) is 47.0 Å². The number of anilines is 1. The van der Waals surface area contributed by atoms with Crippen LogP contribution in [-0.2, 0) is 9.59 Å². The Hall–Kier alpha value is -2.25. The maximum Gasteiger partial charge on any atom is 0.245 e. The Kier molecular flexibility index (Phi) is 8.60. The second-order valence-corrected chi connectivity index (χ2v) is 7.99. The Balaban J connectivity index is 2.10. The van der Waals surface area contributed by atoms with E-state index in [2.05, 4.69) is 15.2 Å². The summed E-state index contributed by atoms with van der Waals surface area (Å²) in [5.74, 6) is -0.455. The summed E-state index contributed by atoms with van der Waals surface area (Å²) in [5.41, 5.74) is 1.86. The Morgan fingerprint density at radius 3 is 2.46 bits per heavy atom. The summed E-state index contributed by atoms with van der Waals surface area (Å²) >= 11 is 1.39. The summed E-state index contributed by atoms with van der Waals surface area (Å²) in [6.07, 6.45) is 1.51. The van der Waals surface area contributed by atoms with E-state index in [9.17, 15) is 9.59 Å². The molecule has 6 nitrogen and oxygen atoms in total. The minimum atomic E-state index is -0.240. The van der Waals surface area contributed by atoms with Crippen LogP contribution in [0.15, 0.2) is 35.7 Å². The molecule has 1 atom stereocenters. The fourth-order valence-corrected chi connectivity index (χ4v) is 3.75. The molecule has 0 fully saturated rings. The molecule has 0 spiro atoms. The third-order valence-corrected chi connectivity index (χ3v) is 5.33. The summed E-state index contributed by atoms with van der Waals surface area (Å²) < 4.78 is 0. The smallest absolute Gasteiger partial charge is 0.245 e. The molecule has 0 saturated carbocycles. The normalized spacial score (nSPS) is 12.0. The van der Waals surface area contributed by atoms with Crippen molar-refractivity contribution in [3.8, 4) is 0 Å². The second-order valence-electron chi connectivity index (χ2n) is 7.13. The average molecular weight is 403 g/mol. The number of amides is 2. The van der Waals surface area contributed by atoms with E-state index in [1.807, 2.05) is 63.7 Å². The predicted molar refractivity (Wildman–Crippen MR) is 115 cm³/mol. The molecule has 1 unspecified atom stereocenters. The molecule has 152 valence electrons. The summed E-state index contributed by atoms with van der Waals surface area (Å²) in [6.45, 7) is 5.33. The monoisotopic (exact) mass is 402 g/mol. The summed E-state index contributed by atoms with van der Waals surface area (Å²) in [5, 5.41) is 5.26. The number of hydrogen-bond donors (Lipinski definition) is 1. The highest BCUT2D eigenvalue weighted by molar-refractivity contribution is 7.13. The van der Waals surface area contributed by atoms with Crippen molar-refractivity contribution in [2.45, 2.75) is 32.6 Å². The maximum absolute atomic E-state index is 13.3. The van der Waals surface area contributed by atoms with Gasteiger partial charge in [0.25, 0.3) is 0 Å². The van der Waals surface area contributed by atoms with Gasteiger partial charge in [0.05, 0.1) is 18.2 Å². The highest BCUT2D eigenvalue weighted by Crippen LogP contribution is 2.22. The van der Waals surface area contributed by atoms with Crippen LogP contribution >= 0.6 is 11.3 Å². The van der Waals surface area contributed by atoms with Gasteiger partial charge < -0.3 is 15.1 Å². The van der Waals surface area contributed by atoms with Gasteiger partial charge >= 0.3 is 0 Å². The van der Waals surface area contributed by atoms with Crippen LogP contribution in [-0.4, -0.2) is 60.3 Å². The fourth-order valence-electron chi connectivity index (χ4n) is 3.05. The van der Waals surface area contributed by atoms with Crippen molar-refractivity contribution in [2.75, 3.05) is 39.0 Å². The van der Waals surface area contributed by atoms with Gasteiger partial charge in [-0.05, 0) is 46.0 Å². The largest absolute Gasteiger partial charge is 0.333 e. The van der Waals surface area contributed by atoms with Crippen LogP contribution < -0.4 is 5.32 Å². The van der Waals surface area contributed by atoms with Crippen LogP contribution in [0.5, 0.6) is 0 Å². The highest BCUT2D eigenvalue weighted by atomic mass is 32.1. The molecule has 2 amide bonds. The van der Waals surface area contributed by atoms with Crippen LogP contribution in [0.1, 0.15) is 36.9 Å². The van der Waals surface area contributed by atoms with E-state index in [0.29, 0.717) is 18.1 Å². The number of carbonyl (C=O) groups is 2. The second kappa shape index (κ2) is 10.9. The molecule has 0 bridgehead atoms. The number of carbonyl (C=O) groups excluding carboxylic acids is 2. The van der Waals surface area contributed by atoms with E-state index in [1.165, 1.54) is 11.3 Å². The van der Waals surface area contributed by atoms with Gasteiger partial charge in [0, 0.05) is 11.9 Å². The van der Waals surface area contributed by atoms with Crippen LogP contribution in [0.25, 0.3) is 0 Å². The SMILES string of the molecule is CCC(C(=O)N(CCCN(C)C)CC(=O)Nc1nc(C)cs1)c1ccccc1. The topological polar surface area (TPSA) is 65.5 Å². The van der Waals surface area contributed by atoms with Crippen LogP contribution in [0.3, 0.4) is 0 Å². The van der Waals surface area contributed by atoms with Crippen molar-refractivity contribution in [1.82, 2.24) is 14.8 Å². The van der Waals surface area contributed by atoms with E-state index in [1.54, 1.807) is 4.90 Å². The van der Waals surface area contributed by atoms with E-state index >= 15 is 0 Å². The van der Waals surface area contributed by atoms with Crippen LogP contribution in [0, 0.1) is 6.92 Å².